The van der Waals surface area contributed by atoms with Gasteiger partial charge in [0, 0.05) is 12.6 Å². The summed E-state index contributed by atoms with van der Waals surface area (Å²) in [4.78, 5) is 2.42. The summed E-state index contributed by atoms with van der Waals surface area (Å²) in [7, 11) is 0. The molecule has 1 aromatic carbocycles. The zero-order valence-corrected chi connectivity index (χ0v) is 12.3. The van der Waals surface area contributed by atoms with Crippen LogP contribution < -0.4 is 5.73 Å². The monoisotopic (exact) mass is 284 g/mol. The third-order valence-electron chi connectivity index (χ3n) is 4.42. The van der Waals surface area contributed by atoms with E-state index in [1.54, 1.807) is 6.07 Å². The summed E-state index contributed by atoms with van der Waals surface area (Å²) in [5.74, 6) is 0.877. The van der Waals surface area contributed by atoms with Crippen LogP contribution in [-0.4, -0.2) is 24.5 Å². The molecule has 2 rings (SSSR count). The quantitative estimate of drug-likeness (QED) is 0.921. The van der Waals surface area contributed by atoms with Gasteiger partial charge in [0.25, 0.3) is 0 Å². The second-order valence-corrected chi connectivity index (χ2v) is 6.01. The Hall–Kier alpha value is -0.640. The molecular formula is C15H22ClFN2. The van der Waals surface area contributed by atoms with Crippen LogP contribution in [0.2, 0.25) is 5.02 Å². The first-order chi connectivity index (χ1) is 9.02. The fourth-order valence-electron chi connectivity index (χ4n) is 2.82. The fraction of sp³-hybridized carbons (Fsp3) is 0.600. The lowest BCUT2D eigenvalue weighted by Crippen LogP contribution is -2.43. The van der Waals surface area contributed by atoms with Gasteiger partial charge in [-0.25, -0.2) is 4.39 Å². The first-order valence-corrected chi connectivity index (χ1v) is 7.29. The average Bonchev–Trinajstić information content (AvgIpc) is 2.41. The zero-order chi connectivity index (χ0) is 14.0. The molecule has 4 heteroatoms. The normalized spacial score (nSPS) is 26.4. The van der Waals surface area contributed by atoms with Crippen LogP contribution in [0.1, 0.15) is 31.9 Å². The van der Waals surface area contributed by atoms with Gasteiger partial charge < -0.3 is 5.73 Å². The Morgan fingerprint density at radius 1 is 1.53 bits per heavy atom. The summed E-state index contributed by atoms with van der Waals surface area (Å²) in [6, 6.07) is 5.25. The maximum absolute atomic E-state index is 13.2. The van der Waals surface area contributed by atoms with Crippen molar-refractivity contribution in [1.82, 2.24) is 4.90 Å². The molecule has 106 valence electrons. The van der Waals surface area contributed by atoms with Crippen LogP contribution in [-0.2, 0) is 0 Å². The van der Waals surface area contributed by atoms with E-state index in [1.807, 2.05) is 6.07 Å². The van der Waals surface area contributed by atoms with E-state index in [1.165, 1.54) is 12.5 Å². The number of halogens is 2. The Bertz CT molecular complexity index is 438. The highest BCUT2D eigenvalue weighted by Crippen LogP contribution is 2.30. The Morgan fingerprint density at radius 3 is 2.89 bits per heavy atom. The van der Waals surface area contributed by atoms with Crippen molar-refractivity contribution in [2.75, 3.05) is 19.6 Å². The highest BCUT2D eigenvalue weighted by atomic mass is 35.5. The Balaban J connectivity index is 2.10. The van der Waals surface area contributed by atoms with Gasteiger partial charge >= 0.3 is 0 Å². The van der Waals surface area contributed by atoms with Crippen LogP contribution in [0.5, 0.6) is 0 Å². The molecule has 1 aliphatic rings. The topological polar surface area (TPSA) is 29.3 Å². The molecule has 2 N–H and O–H groups in total. The SMILES string of the molecule is CC1CCN(C(C)c2ccc(F)c(Cl)c2)CC1CN. The van der Waals surface area contributed by atoms with Crippen molar-refractivity contribution in [1.29, 1.82) is 0 Å². The molecule has 0 radical (unpaired) electrons. The summed E-state index contributed by atoms with van der Waals surface area (Å²) in [5, 5.41) is 0.199. The Labute approximate surface area is 119 Å². The van der Waals surface area contributed by atoms with E-state index < -0.39 is 0 Å². The maximum atomic E-state index is 13.2. The molecule has 0 aromatic heterocycles. The molecule has 0 aliphatic carbocycles. The lowest BCUT2D eigenvalue weighted by molar-refractivity contribution is 0.0978. The van der Waals surface area contributed by atoms with Crippen molar-refractivity contribution in [2.24, 2.45) is 17.6 Å². The number of likely N-dealkylation sites (tertiary alicyclic amines) is 1. The Morgan fingerprint density at radius 2 is 2.26 bits per heavy atom. The van der Waals surface area contributed by atoms with Gasteiger partial charge in [-0.3, -0.25) is 4.90 Å². The standard InChI is InChI=1S/C15H22ClFN2/c1-10-5-6-19(9-13(10)8-18)11(2)12-3-4-15(17)14(16)7-12/h3-4,7,10-11,13H,5-6,8-9,18H2,1-2H3. The van der Waals surface area contributed by atoms with Gasteiger partial charge in [-0.1, -0.05) is 24.6 Å². The highest BCUT2D eigenvalue weighted by Gasteiger charge is 2.28. The van der Waals surface area contributed by atoms with Crippen LogP contribution in [0.4, 0.5) is 4.39 Å². The number of nitrogens with zero attached hydrogens (tertiary/aromatic N) is 1. The smallest absolute Gasteiger partial charge is 0.141 e. The van der Waals surface area contributed by atoms with Gasteiger partial charge in [0.2, 0.25) is 0 Å². The molecule has 1 aliphatic heterocycles. The largest absolute Gasteiger partial charge is 0.330 e. The van der Waals surface area contributed by atoms with E-state index >= 15 is 0 Å². The van der Waals surface area contributed by atoms with Gasteiger partial charge in [-0.15, -0.1) is 0 Å². The first kappa shape index (κ1) is 14.8. The molecule has 3 atom stereocenters. The van der Waals surface area contributed by atoms with E-state index in [4.69, 9.17) is 17.3 Å². The summed E-state index contributed by atoms with van der Waals surface area (Å²) < 4.78 is 13.2. The minimum atomic E-state index is -0.357. The number of hydrogen-bond donors (Lipinski definition) is 1. The molecular weight excluding hydrogens is 263 g/mol. The number of nitrogens with two attached hydrogens (primary N) is 1. The van der Waals surface area contributed by atoms with Gasteiger partial charge in [0.1, 0.15) is 5.82 Å². The van der Waals surface area contributed by atoms with Crippen molar-refractivity contribution in [3.8, 4) is 0 Å². The molecule has 0 saturated carbocycles. The van der Waals surface area contributed by atoms with Gasteiger partial charge in [0.05, 0.1) is 5.02 Å². The van der Waals surface area contributed by atoms with E-state index in [0.29, 0.717) is 11.8 Å². The van der Waals surface area contributed by atoms with Crippen LogP contribution in [0.3, 0.4) is 0 Å². The molecule has 3 unspecified atom stereocenters. The number of piperidine rings is 1. The van der Waals surface area contributed by atoms with Crippen LogP contribution in [0, 0.1) is 17.7 Å². The minimum absolute atomic E-state index is 0.199. The van der Waals surface area contributed by atoms with E-state index in [9.17, 15) is 4.39 Å². The lowest BCUT2D eigenvalue weighted by atomic mass is 9.86. The summed E-state index contributed by atoms with van der Waals surface area (Å²) in [6.45, 7) is 7.22. The third-order valence-corrected chi connectivity index (χ3v) is 4.71. The van der Waals surface area contributed by atoms with E-state index in [0.717, 1.165) is 25.2 Å². The van der Waals surface area contributed by atoms with Crippen LogP contribution >= 0.6 is 11.6 Å². The van der Waals surface area contributed by atoms with Crippen LogP contribution in [0.25, 0.3) is 0 Å². The van der Waals surface area contributed by atoms with Crippen molar-refractivity contribution in [2.45, 2.75) is 26.3 Å². The minimum Gasteiger partial charge on any atom is -0.330 e. The summed E-state index contributed by atoms with van der Waals surface area (Å²) in [5.41, 5.74) is 6.91. The maximum Gasteiger partial charge on any atom is 0.141 e. The predicted octanol–water partition coefficient (Wildman–Crippen LogP) is 3.46. The molecule has 1 aromatic rings. The van der Waals surface area contributed by atoms with Crippen molar-refractivity contribution < 1.29 is 4.39 Å². The second-order valence-electron chi connectivity index (χ2n) is 5.61. The average molecular weight is 285 g/mol. The summed E-state index contributed by atoms with van der Waals surface area (Å²) >= 11 is 5.86. The second kappa shape index (κ2) is 6.21. The van der Waals surface area contributed by atoms with E-state index in [-0.39, 0.29) is 16.9 Å². The lowest BCUT2D eigenvalue weighted by Gasteiger charge is -2.40. The molecule has 1 heterocycles. The van der Waals surface area contributed by atoms with E-state index in [2.05, 4.69) is 18.7 Å². The van der Waals surface area contributed by atoms with Gasteiger partial charge in [0.15, 0.2) is 0 Å². The number of benzene rings is 1. The highest BCUT2D eigenvalue weighted by molar-refractivity contribution is 6.30. The fourth-order valence-corrected chi connectivity index (χ4v) is 3.01. The zero-order valence-electron chi connectivity index (χ0n) is 11.6. The molecule has 19 heavy (non-hydrogen) atoms. The molecule has 0 amide bonds. The third kappa shape index (κ3) is 3.28. The Kier molecular flexibility index (Phi) is 4.82. The molecule has 0 spiro atoms. The molecule has 1 fully saturated rings. The number of hydrogen-bond acceptors (Lipinski definition) is 2. The van der Waals surface area contributed by atoms with Crippen molar-refractivity contribution in [3.63, 3.8) is 0 Å². The van der Waals surface area contributed by atoms with Crippen molar-refractivity contribution >= 4 is 11.6 Å². The van der Waals surface area contributed by atoms with Gasteiger partial charge in [-0.05, 0) is 56.0 Å². The predicted molar refractivity (Wildman–Crippen MR) is 77.7 cm³/mol. The number of rotatable bonds is 3. The molecule has 1 saturated heterocycles. The molecule has 0 bridgehead atoms. The molecule has 2 nitrogen and oxygen atoms in total. The first-order valence-electron chi connectivity index (χ1n) is 6.92. The van der Waals surface area contributed by atoms with Crippen molar-refractivity contribution in [3.05, 3.63) is 34.6 Å². The van der Waals surface area contributed by atoms with Crippen LogP contribution in [0.15, 0.2) is 18.2 Å². The van der Waals surface area contributed by atoms with Gasteiger partial charge in [-0.2, -0.15) is 0 Å². The summed E-state index contributed by atoms with van der Waals surface area (Å²) in [6.07, 6.45) is 1.17.